The van der Waals surface area contributed by atoms with Crippen LogP contribution in [0.25, 0.3) is 0 Å². The Balaban J connectivity index is 1.88. The Kier molecular flexibility index (Phi) is 7.29. The molecule has 27 heavy (non-hydrogen) atoms. The molecule has 0 radical (unpaired) electrons. The number of benzene rings is 1. The van der Waals surface area contributed by atoms with Crippen LogP contribution in [0.3, 0.4) is 0 Å². The van der Waals surface area contributed by atoms with Crippen molar-refractivity contribution in [2.75, 3.05) is 45.7 Å². The third-order valence-corrected chi connectivity index (χ3v) is 4.69. The number of anilines is 1. The molecular weight excluding hydrogens is 374 g/mol. The number of nitrogens with zero attached hydrogens (tertiary/aromatic N) is 2. The summed E-state index contributed by atoms with van der Waals surface area (Å²) >= 11 is 6.04. The predicted octanol–water partition coefficient (Wildman–Crippen LogP) is 1.77. The Morgan fingerprint density at radius 1 is 1.00 bits per heavy atom. The number of amides is 3. The van der Waals surface area contributed by atoms with Gasteiger partial charge < -0.3 is 24.6 Å². The lowest BCUT2D eigenvalue weighted by atomic mass is 10.2. The molecule has 0 aliphatic carbocycles. The van der Waals surface area contributed by atoms with Crippen molar-refractivity contribution in [3.63, 3.8) is 0 Å². The Bertz CT molecular complexity index is 717. The average molecular weight is 398 g/mol. The standard InChI is InChI=1S/C18H24ClN3O5/c1-12(23)21-6-8-22(9-7-21)18(25)5-4-17(24)20-14-11-15(26-2)13(19)10-16(14)27-3/h10-11H,4-9H2,1-3H3,(H,20,24). The molecule has 0 spiro atoms. The van der Waals surface area contributed by atoms with Gasteiger partial charge in [-0.2, -0.15) is 0 Å². The summed E-state index contributed by atoms with van der Waals surface area (Å²) in [5.41, 5.74) is 0.422. The topological polar surface area (TPSA) is 88.2 Å². The van der Waals surface area contributed by atoms with E-state index in [1.807, 2.05) is 0 Å². The SMILES string of the molecule is COc1cc(NC(=O)CCC(=O)N2CCN(C(C)=O)CC2)c(OC)cc1Cl. The van der Waals surface area contributed by atoms with Crippen molar-refractivity contribution in [1.29, 1.82) is 0 Å². The third kappa shape index (κ3) is 5.50. The molecule has 1 fully saturated rings. The number of carbonyl (C=O) groups is 3. The first-order valence-corrected chi connectivity index (χ1v) is 8.98. The molecule has 1 N–H and O–H groups in total. The van der Waals surface area contributed by atoms with Crippen LogP contribution in [0, 0.1) is 0 Å². The molecule has 3 amide bonds. The normalized spacial score (nSPS) is 13.9. The maximum absolute atomic E-state index is 12.3. The number of carbonyl (C=O) groups excluding carboxylic acids is 3. The van der Waals surface area contributed by atoms with Crippen LogP contribution in [0.2, 0.25) is 5.02 Å². The van der Waals surface area contributed by atoms with E-state index >= 15 is 0 Å². The summed E-state index contributed by atoms with van der Waals surface area (Å²) in [6.07, 6.45) is 0.138. The summed E-state index contributed by atoms with van der Waals surface area (Å²) in [6, 6.07) is 3.12. The molecule has 148 valence electrons. The van der Waals surface area contributed by atoms with E-state index in [1.54, 1.807) is 21.9 Å². The van der Waals surface area contributed by atoms with E-state index in [-0.39, 0.29) is 30.6 Å². The quantitative estimate of drug-likeness (QED) is 0.790. The van der Waals surface area contributed by atoms with Crippen LogP contribution < -0.4 is 14.8 Å². The molecule has 1 saturated heterocycles. The summed E-state index contributed by atoms with van der Waals surface area (Å²) < 4.78 is 10.4. The van der Waals surface area contributed by atoms with Gasteiger partial charge in [0.15, 0.2) is 0 Å². The molecule has 1 heterocycles. The van der Waals surface area contributed by atoms with Crippen molar-refractivity contribution in [1.82, 2.24) is 9.80 Å². The summed E-state index contributed by atoms with van der Waals surface area (Å²) in [4.78, 5) is 39.2. The highest BCUT2D eigenvalue weighted by Gasteiger charge is 2.22. The number of nitrogens with one attached hydrogen (secondary N) is 1. The second-order valence-electron chi connectivity index (χ2n) is 6.12. The van der Waals surface area contributed by atoms with Crippen LogP contribution in [-0.2, 0) is 14.4 Å². The van der Waals surface area contributed by atoms with Crippen LogP contribution in [0.4, 0.5) is 5.69 Å². The summed E-state index contributed by atoms with van der Waals surface area (Å²) in [6.45, 7) is 3.54. The number of hydrogen-bond donors (Lipinski definition) is 1. The van der Waals surface area contributed by atoms with Crippen LogP contribution in [0.15, 0.2) is 12.1 Å². The lowest BCUT2D eigenvalue weighted by Crippen LogP contribution is -2.50. The van der Waals surface area contributed by atoms with E-state index in [9.17, 15) is 14.4 Å². The summed E-state index contributed by atoms with van der Waals surface area (Å²) in [7, 11) is 2.95. The largest absolute Gasteiger partial charge is 0.495 e. The Morgan fingerprint density at radius 3 is 2.15 bits per heavy atom. The molecule has 8 nitrogen and oxygen atoms in total. The fraction of sp³-hybridized carbons (Fsp3) is 0.500. The van der Waals surface area contributed by atoms with Gasteiger partial charge in [-0.3, -0.25) is 14.4 Å². The average Bonchev–Trinajstić information content (AvgIpc) is 2.67. The first kappa shape index (κ1) is 20.8. The molecule has 1 aromatic carbocycles. The zero-order chi connectivity index (χ0) is 20.0. The van der Waals surface area contributed by atoms with Gasteiger partial charge in [-0.25, -0.2) is 0 Å². The third-order valence-electron chi connectivity index (χ3n) is 4.39. The van der Waals surface area contributed by atoms with Gasteiger partial charge in [-0.05, 0) is 0 Å². The van der Waals surface area contributed by atoms with Crippen molar-refractivity contribution >= 4 is 35.0 Å². The van der Waals surface area contributed by atoms with Gasteiger partial charge in [-0.15, -0.1) is 0 Å². The summed E-state index contributed by atoms with van der Waals surface area (Å²) in [5.74, 6) is 0.407. The fourth-order valence-electron chi connectivity index (χ4n) is 2.82. The number of rotatable bonds is 6. The highest BCUT2D eigenvalue weighted by atomic mass is 35.5. The zero-order valence-corrected chi connectivity index (χ0v) is 16.5. The number of ether oxygens (including phenoxy) is 2. The molecule has 1 aliphatic heterocycles. The van der Waals surface area contributed by atoms with Gasteiger partial charge >= 0.3 is 0 Å². The van der Waals surface area contributed by atoms with E-state index in [4.69, 9.17) is 21.1 Å². The van der Waals surface area contributed by atoms with E-state index in [0.29, 0.717) is 48.4 Å². The van der Waals surface area contributed by atoms with Gasteiger partial charge in [-0.1, -0.05) is 11.6 Å². The lowest BCUT2D eigenvalue weighted by Gasteiger charge is -2.34. The first-order valence-electron chi connectivity index (χ1n) is 8.60. The van der Waals surface area contributed by atoms with Gasteiger partial charge in [0, 0.05) is 58.1 Å². The van der Waals surface area contributed by atoms with E-state index in [2.05, 4.69) is 5.32 Å². The molecule has 2 rings (SSSR count). The fourth-order valence-corrected chi connectivity index (χ4v) is 3.05. The monoisotopic (exact) mass is 397 g/mol. The molecule has 1 aliphatic rings. The minimum absolute atomic E-state index is 0.00816. The van der Waals surface area contributed by atoms with Crippen molar-refractivity contribution < 1.29 is 23.9 Å². The summed E-state index contributed by atoms with van der Waals surface area (Å²) in [5, 5.41) is 3.09. The molecule has 0 aromatic heterocycles. The minimum atomic E-state index is -0.312. The maximum Gasteiger partial charge on any atom is 0.224 e. The van der Waals surface area contributed by atoms with Crippen molar-refractivity contribution in [2.24, 2.45) is 0 Å². The van der Waals surface area contributed by atoms with E-state index in [1.165, 1.54) is 21.1 Å². The Morgan fingerprint density at radius 2 is 1.59 bits per heavy atom. The highest BCUT2D eigenvalue weighted by molar-refractivity contribution is 6.32. The number of methoxy groups -OCH3 is 2. The van der Waals surface area contributed by atoms with Gasteiger partial charge in [0.2, 0.25) is 17.7 Å². The molecule has 0 bridgehead atoms. The number of hydrogen-bond acceptors (Lipinski definition) is 5. The van der Waals surface area contributed by atoms with Crippen LogP contribution in [0.1, 0.15) is 19.8 Å². The van der Waals surface area contributed by atoms with Crippen molar-refractivity contribution in [2.45, 2.75) is 19.8 Å². The second-order valence-corrected chi connectivity index (χ2v) is 6.53. The van der Waals surface area contributed by atoms with E-state index < -0.39 is 0 Å². The molecule has 0 atom stereocenters. The lowest BCUT2D eigenvalue weighted by molar-refractivity contribution is -0.138. The second kappa shape index (κ2) is 9.45. The molecule has 0 unspecified atom stereocenters. The Labute approximate surface area is 163 Å². The minimum Gasteiger partial charge on any atom is -0.495 e. The predicted molar refractivity (Wildman–Crippen MR) is 101 cm³/mol. The maximum atomic E-state index is 12.3. The van der Waals surface area contributed by atoms with Crippen LogP contribution >= 0.6 is 11.6 Å². The van der Waals surface area contributed by atoms with E-state index in [0.717, 1.165) is 0 Å². The van der Waals surface area contributed by atoms with Crippen molar-refractivity contribution in [3.8, 4) is 11.5 Å². The van der Waals surface area contributed by atoms with Gasteiger partial charge in [0.25, 0.3) is 0 Å². The first-order chi connectivity index (χ1) is 12.8. The smallest absolute Gasteiger partial charge is 0.224 e. The van der Waals surface area contributed by atoms with Gasteiger partial charge in [0.05, 0.1) is 24.9 Å². The zero-order valence-electron chi connectivity index (χ0n) is 15.7. The van der Waals surface area contributed by atoms with Crippen LogP contribution in [-0.4, -0.2) is 67.9 Å². The van der Waals surface area contributed by atoms with Gasteiger partial charge in [0.1, 0.15) is 11.5 Å². The number of piperazine rings is 1. The highest BCUT2D eigenvalue weighted by Crippen LogP contribution is 2.35. The van der Waals surface area contributed by atoms with Crippen LogP contribution in [0.5, 0.6) is 11.5 Å². The Hall–Kier alpha value is -2.48. The molecular formula is C18H24ClN3O5. The molecule has 0 saturated carbocycles. The van der Waals surface area contributed by atoms with Crippen molar-refractivity contribution in [3.05, 3.63) is 17.2 Å². The molecule has 9 heteroatoms. The number of halogens is 1. The molecule has 1 aromatic rings.